The van der Waals surface area contributed by atoms with Crippen LogP contribution in [0.2, 0.25) is 0 Å². The van der Waals surface area contributed by atoms with Gasteiger partial charge in [0.2, 0.25) is 0 Å². The summed E-state index contributed by atoms with van der Waals surface area (Å²) in [6, 6.07) is 15.1. The fraction of sp³-hybridized carbons (Fsp3) is 0.0526. The van der Waals surface area contributed by atoms with E-state index in [1.807, 2.05) is 53.9 Å². The van der Waals surface area contributed by atoms with E-state index in [4.69, 9.17) is 4.74 Å². The molecule has 0 aliphatic carbocycles. The van der Waals surface area contributed by atoms with E-state index in [9.17, 15) is 4.79 Å². The fourth-order valence-corrected chi connectivity index (χ4v) is 3.26. The number of methoxy groups -OCH3 is 1. The average Bonchev–Trinajstić information content (AvgIpc) is 3.31. The molecule has 5 nitrogen and oxygen atoms in total. The Bertz CT molecular complexity index is 1020. The maximum absolute atomic E-state index is 12.5. The van der Waals surface area contributed by atoms with Crippen molar-refractivity contribution in [1.29, 1.82) is 0 Å². The van der Waals surface area contributed by atoms with Crippen molar-refractivity contribution in [2.24, 2.45) is 0 Å². The highest BCUT2D eigenvalue weighted by Gasteiger charge is 2.11. The SMILES string of the molecule is COc1ccc2cc(C(=O)Nc3ccc(-c4nccs4)cc3)[nH]c2c1. The molecule has 0 fully saturated rings. The first kappa shape index (κ1) is 15.4. The number of anilines is 1. The highest BCUT2D eigenvalue weighted by atomic mass is 32.1. The second-order valence-corrected chi connectivity index (χ2v) is 6.40. The van der Waals surface area contributed by atoms with Crippen molar-refractivity contribution in [3.8, 4) is 16.3 Å². The molecule has 25 heavy (non-hydrogen) atoms. The fourth-order valence-electron chi connectivity index (χ4n) is 2.62. The van der Waals surface area contributed by atoms with Crippen LogP contribution in [-0.4, -0.2) is 23.0 Å². The number of hydrogen-bond donors (Lipinski definition) is 2. The van der Waals surface area contributed by atoms with Crippen molar-refractivity contribution in [3.63, 3.8) is 0 Å². The van der Waals surface area contributed by atoms with Gasteiger partial charge in [0.05, 0.1) is 7.11 Å². The maximum Gasteiger partial charge on any atom is 0.272 e. The minimum Gasteiger partial charge on any atom is -0.497 e. The molecule has 124 valence electrons. The topological polar surface area (TPSA) is 67.0 Å². The Morgan fingerprint density at radius 3 is 2.72 bits per heavy atom. The zero-order valence-electron chi connectivity index (χ0n) is 13.4. The first-order chi connectivity index (χ1) is 12.2. The Labute approximate surface area is 148 Å². The number of fused-ring (bicyclic) bond motifs is 1. The van der Waals surface area contributed by atoms with Crippen LogP contribution in [0.4, 0.5) is 5.69 Å². The molecule has 1 amide bonds. The molecule has 0 atom stereocenters. The molecule has 0 saturated heterocycles. The Morgan fingerprint density at radius 2 is 2.00 bits per heavy atom. The molecule has 6 heteroatoms. The van der Waals surface area contributed by atoms with E-state index in [0.29, 0.717) is 5.69 Å². The molecule has 0 aliphatic heterocycles. The number of aromatic nitrogens is 2. The normalized spacial score (nSPS) is 10.8. The van der Waals surface area contributed by atoms with Gasteiger partial charge in [-0.3, -0.25) is 4.79 Å². The summed E-state index contributed by atoms with van der Waals surface area (Å²) in [5, 5.41) is 6.77. The number of aromatic amines is 1. The van der Waals surface area contributed by atoms with Crippen LogP contribution in [0.15, 0.2) is 60.1 Å². The monoisotopic (exact) mass is 349 g/mol. The first-order valence-corrected chi connectivity index (χ1v) is 8.59. The van der Waals surface area contributed by atoms with Crippen molar-refractivity contribution in [2.75, 3.05) is 12.4 Å². The molecule has 0 unspecified atom stereocenters. The zero-order valence-corrected chi connectivity index (χ0v) is 14.3. The number of amides is 1. The highest BCUT2D eigenvalue weighted by molar-refractivity contribution is 7.13. The van der Waals surface area contributed by atoms with Gasteiger partial charge in [-0.25, -0.2) is 4.98 Å². The largest absolute Gasteiger partial charge is 0.497 e. The van der Waals surface area contributed by atoms with Crippen LogP contribution in [0.1, 0.15) is 10.5 Å². The maximum atomic E-state index is 12.5. The number of nitrogens with zero attached hydrogens (tertiary/aromatic N) is 1. The Hall–Kier alpha value is -3.12. The van der Waals surface area contributed by atoms with Crippen LogP contribution in [0.5, 0.6) is 5.75 Å². The van der Waals surface area contributed by atoms with Crippen molar-refractivity contribution < 1.29 is 9.53 Å². The van der Waals surface area contributed by atoms with Crippen molar-refractivity contribution in [1.82, 2.24) is 9.97 Å². The molecule has 2 aromatic carbocycles. The lowest BCUT2D eigenvalue weighted by molar-refractivity contribution is 0.102. The summed E-state index contributed by atoms with van der Waals surface area (Å²) in [6.07, 6.45) is 1.78. The van der Waals surface area contributed by atoms with Crippen molar-refractivity contribution in [3.05, 3.63) is 65.8 Å². The molecular formula is C19H15N3O2S. The average molecular weight is 349 g/mol. The molecule has 0 aliphatic rings. The van der Waals surface area contributed by atoms with Gasteiger partial charge in [0.15, 0.2) is 0 Å². The van der Waals surface area contributed by atoms with Gasteiger partial charge in [-0.15, -0.1) is 11.3 Å². The number of rotatable bonds is 4. The van der Waals surface area contributed by atoms with E-state index in [0.717, 1.165) is 32.9 Å². The lowest BCUT2D eigenvalue weighted by Gasteiger charge is -2.04. The Balaban J connectivity index is 1.53. The van der Waals surface area contributed by atoms with Crippen LogP contribution in [0.3, 0.4) is 0 Å². The molecule has 0 radical (unpaired) electrons. The van der Waals surface area contributed by atoms with E-state index in [1.165, 1.54) is 0 Å². The van der Waals surface area contributed by atoms with Crippen LogP contribution >= 0.6 is 11.3 Å². The van der Waals surface area contributed by atoms with Gasteiger partial charge in [-0.2, -0.15) is 0 Å². The van der Waals surface area contributed by atoms with Crippen LogP contribution < -0.4 is 10.1 Å². The lowest BCUT2D eigenvalue weighted by Crippen LogP contribution is -2.12. The Kier molecular flexibility index (Phi) is 3.95. The summed E-state index contributed by atoms with van der Waals surface area (Å²) < 4.78 is 5.20. The van der Waals surface area contributed by atoms with E-state index < -0.39 is 0 Å². The third-order valence-electron chi connectivity index (χ3n) is 3.90. The van der Waals surface area contributed by atoms with Gasteiger partial charge in [0.25, 0.3) is 5.91 Å². The number of hydrogen-bond acceptors (Lipinski definition) is 4. The molecule has 4 aromatic rings. The quantitative estimate of drug-likeness (QED) is 0.568. The van der Waals surface area contributed by atoms with Gasteiger partial charge >= 0.3 is 0 Å². The van der Waals surface area contributed by atoms with Crippen LogP contribution in [0, 0.1) is 0 Å². The minimum absolute atomic E-state index is 0.183. The zero-order chi connectivity index (χ0) is 17.2. The third kappa shape index (κ3) is 3.12. The highest BCUT2D eigenvalue weighted by Crippen LogP contribution is 2.24. The first-order valence-electron chi connectivity index (χ1n) is 7.71. The summed E-state index contributed by atoms with van der Waals surface area (Å²) in [7, 11) is 1.62. The number of carbonyl (C=O) groups excluding carboxylic acids is 1. The predicted molar refractivity (Wildman–Crippen MR) is 100 cm³/mol. The number of H-pyrrole nitrogens is 1. The summed E-state index contributed by atoms with van der Waals surface area (Å²) >= 11 is 1.58. The van der Waals surface area contributed by atoms with E-state index >= 15 is 0 Å². The summed E-state index contributed by atoms with van der Waals surface area (Å²) in [4.78, 5) is 19.9. The molecule has 2 aromatic heterocycles. The van der Waals surface area contributed by atoms with Gasteiger partial charge in [-0.05, 0) is 42.5 Å². The van der Waals surface area contributed by atoms with Gasteiger partial charge < -0.3 is 15.0 Å². The summed E-state index contributed by atoms with van der Waals surface area (Å²) in [5.74, 6) is 0.566. The van der Waals surface area contributed by atoms with Crippen molar-refractivity contribution >= 4 is 33.8 Å². The minimum atomic E-state index is -0.183. The number of thiazole rings is 1. The van der Waals surface area contributed by atoms with E-state index in [1.54, 1.807) is 24.6 Å². The van der Waals surface area contributed by atoms with E-state index in [-0.39, 0.29) is 5.91 Å². The van der Waals surface area contributed by atoms with Gasteiger partial charge in [0.1, 0.15) is 16.5 Å². The molecule has 2 heterocycles. The second kappa shape index (κ2) is 6.41. The van der Waals surface area contributed by atoms with E-state index in [2.05, 4.69) is 15.3 Å². The van der Waals surface area contributed by atoms with Crippen LogP contribution in [-0.2, 0) is 0 Å². The smallest absolute Gasteiger partial charge is 0.272 e. The molecule has 0 bridgehead atoms. The van der Waals surface area contributed by atoms with Crippen LogP contribution in [0.25, 0.3) is 21.5 Å². The second-order valence-electron chi connectivity index (χ2n) is 5.50. The number of nitrogens with one attached hydrogen (secondary N) is 2. The molecule has 0 saturated carbocycles. The molecule has 0 spiro atoms. The third-order valence-corrected chi connectivity index (χ3v) is 4.72. The summed E-state index contributed by atoms with van der Waals surface area (Å²) in [6.45, 7) is 0. The van der Waals surface area contributed by atoms with Crippen molar-refractivity contribution in [2.45, 2.75) is 0 Å². The number of carbonyl (C=O) groups is 1. The molecule has 4 rings (SSSR count). The molecular weight excluding hydrogens is 334 g/mol. The number of ether oxygens (including phenoxy) is 1. The molecule has 2 N–H and O–H groups in total. The Morgan fingerprint density at radius 1 is 1.16 bits per heavy atom. The lowest BCUT2D eigenvalue weighted by atomic mass is 10.2. The van der Waals surface area contributed by atoms with Gasteiger partial charge in [0, 0.05) is 39.8 Å². The number of benzene rings is 2. The van der Waals surface area contributed by atoms with Gasteiger partial charge in [-0.1, -0.05) is 0 Å². The summed E-state index contributed by atoms with van der Waals surface area (Å²) in [5.41, 5.74) is 3.14. The predicted octanol–water partition coefficient (Wildman–Crippen LogP) is 4.55. The standard InChI is InChI=1S/C19H15N3O2S/c1-24-15-7-4-13-10-17(22-16(13)11-15)18(23)21-14-5-2-12(3-6-14)19-20-8-9-25-19/h2-11,22H,1H3,(H,21,23).